The fourth-order valence-corrected chi connectivity index (χ4v) is 1.76. The van der Waals surface area contributed by atoms with Gasteiger partial charge >= 0.3 is 11.9 Å². The predicted octanol–water partition coefficient (Wildman–Crippen LogP) is 1.58. The van der Waals surface area contributed by atoms with Crippen molar-refractivity contribution in [1.29, 1.82) is 0 Å². The van der Waals surface area contributed by atoms with Crippen LogP contribution in [0.25, 0.3) is 0 Å². The molecule has 0 radical (unpaired) electrons. The van der Waals surface area contributed by atoms with E-state index < -0.39 is 11.4 Å². The monoisotopic (exact) mass is 292 g/mol. The minimum absolute atomic E-state index is 0.129. The van der Waals surface area contributed by atoms with Crippen molar-refractivity contribution in [1.82, 2.24) is 0 Å². The highest BCUT2D eigenvalue weighted by Gasteiger charge is 2.34. The Kier molecular flexibility index (Phi) is 4.50. The number of hydrogen-bond acceptors (Lipinski definition) is 6. The molecule has 0 aromatic heterocycles. The molecule has 0 amide bonds. The number of esters is 1. The highest BCUT2D eigenvalue weighted by atomic mass is 16.7. The van der Waals surface area contributed by atoms with Crippen LogP contribution in [0.3, 0.4) is 0 Å². The Morgan fingerprint density at radius 2 is 1.90 bits per heavy atom. The highest BCUT2D eigenvalue weighted by molar-refractivity contribution is 5.89. The van der Waals surface area contributed by atoms with E-state index in [-0.39, 0.29) is 25.8 Å². The van der Waals surface area contributed by atoms with E-state index in [1.165, 1.54) is 0 Å². The maximum atomic E-state index is 11.9. The first kappa shape index (κ1) is 14.9. The smallest absolute Gasteiger partial charge is 0.369 e. The Hall–Kier alpha value is -2.46. The lowest BCUT2D eigenvalue weighted by atomic mass is 9.94. The summed E-state index contributed by atoms with van der Waals surface area (Å²) < 4.78 is 20.4. The minimum atomic E-state index is -0.498. The summed E-state index contributed by atoms with van der Waals surface area (Å²) in [5.41, 5.74) is -0.0619. The van der Waals surface area contributed by atoms with Crippen molar-refractivity contribution in [3.8, 4) is 5.75 Å². The summed E-state index contributed by atoms with van der Waals surface area (Å²) in [4.78, 5) is 22.3. The van der Waals surface area contributed by atoms with Crippen molar-refractivity contribution in [2.24, 2.45) is 5.41 Å². The molecule has 1 fully saturated rings. The van der Waals surface area contributed by atoms with Gasteiger partial charge in [-0.3, -0.25) is 0 Å². The number of rotatable bonds is 4. The first-order valence-electron chi connectivity index (χ1n) is 6.38. The van der Waals surface area contributed by atoms with Crippen LogP contribution in [-0.4, -0.2) is 38.8 Å². The maximum Gasteiger partial charge on any atom is 0.369 e. The van der Waals surface area contributed by atoms with Crippen molar-refractivity contribution in [2.75, 3.05) is 26.9 Å². The molecule has 1 aromatic carbocycles. The number of hydrogen-bond donors (Lipinski definition) is 0. The van der Waals surface area contributed by atoms with Crippen LogP contribution in [-0.2, 0) is 19.0 Å². The third-order valence-electron chi connectivity index (χ3n) is 3.06. The summed E-state index contributed by atoms with van der Waals surface area (Å²) in [6, 6.07) is 6.63. The number of carbonyl (C=O) groups is 1. The molecule has 0 aliphatic carbocycles. The largest absolute Gasteiger partial charge is 0.497 e. The molecule has 21 heavy (non-hydrogen) atoms. The zero-order valence-electron chi connectivity index (χ0n) is 11.9. The van der Waals surface area contributed by atoms with E-state index in [9.17, 15) is 9.59 Å². The molecule has 0 N–H and O–H groups in total. The number of ether oxygens (including phenoxy) is 4. The Morgan fingerprint density at radius 3 is 2.43 bits per heavy atom. The van der Waals surface area contributed by atoms with Gasteiger partial charge in [-0.2, -0.15) is 0 Å². The van der Waals surface area contributed by atoms with Crippen LogP contribution >= 0.6 is 0 Å². The SMILES string of the molecule is COc1ccc(C(=O)OCC2(C)COC(=C=O)OC2)cc1. The number of carbonyl (C=O) groups excluding carboxylic acids is 2. The molecule has 0 atom stereocenters. The van der Waals surface area contributed by atoms with Crippen molar-refractivity contribution in [3.63, 3.8) is 0 Å². The van der Waals surface area contributed by atoms with E-state index in [1.54, 1.807) is 37.3 Å². The second-order valence-electron chi connectivity index (χ2n) is 5.08. The first-order valence-corrected chi connectivity index (χ1v) is 6.38. The van der Waals surface area contributed by atoms with Gasteiger partial charge in [0.2, 0.25) is 5.94 Å². The summed E-state index contributed by atoms with van der Waals surface area (Å²) in [6.07, 6.45) is 0. The fourth-order valence-electron chi connectivity index (χ4n) is 1.76. The average molecular weight is 292 g/mol. The first-order chi connectivity index (χ1) is 10.1. The Balaban J connectivity index is 1.89. The zero-order chi connectivity index (χ0) is 15.3. The maximum absolute atomic E-state index is 11.9. The summed E-state index contributed by atoms with van der Waals surface area (Å²) in [5.74, 6) is 1.62. The van der Waals surface area contributed by atoms with Gasteiger partial charge in [0.25, 0.3) is 0 Å². The molecule has 1 saturated heterocycles. The Morgan fingerprint density at radius 1 is 1.29 bits per heavy atom. The zero-order valence-corrected chi connectivity index (χ0v) is 11.9. The van der Waals surface area contributed by atoms with E-state index >= 15 is 0 Å². The lowest BCUT2D eigenvalue weighted by Gasteiger charge is -2.32. The molecule has 2 rings (SSSR count). The van der Waals surface area contributed by atoms with E-state index in [1.807, 2.05) is 6.92 Å². The quantitative estimate of drug-likeness (QED) is 0.620. The van der Waals surface area contributed by atoms with Crippen molar-refractivity contribution in [3.05, 3.63) is 35.8 Å². The third kappa shape index (κ3) is 3.77. The second kappa shape index (κ2) is 6.33. The number of methoxy groups -OCH3 is 1. The van der Waals surface area contributed by atoms with E-state index in [4.69, 9.17) is 18.9 Å². The molecule has 1 aromatic rings. The molecule has 1 aliphatic rings. The molecular weight excluding hydrogens is 276 g/mol. The average Bonchev–Trinajstić information content (AvgIpc) is 2.53. The summed E-state index contributed by atoms with van der Waals surface area (Å²) in [6.45, 7) is 2.43. The molecule has 1 heterocycles. The summed E-state index contributed by atoms with van der Waals surface area (Å²) in [7, 11) is 1.55. The van der Waals surface area contributed by atoms with Crippen LogP contribution < -0.4 is 4.74 Å². The lowest BCUT2D eigenvalue weighted by molar-refractivity contribution is -0.108. The van der Waals surface area contributed by atoms with Crippen LogP contribution in [0.1, 0.15) is 17.3 Å². The minimum Gasteiger partial charge on any atom is -0.497 e. The van der Waals surface area contributed by atoms with Gasteiger partial charge in [0.1, 0.15) is 25.6 Å². The summed E-state index contributed by atoms with van der Waals surface area (Å²) >= 11 is 0. The van der Waals surface area contributed by atoms with Crippen molar-refractivity contribution in [2.45, 2.75) is 6.92 Å². The van der Waals surface area contributed by atoms with Gasteiger partial charge in [0.05, 0.1) is 18.1 Å². The van der Waals surface area contributed by atoms with Gasteiger partial charge < -0.3 is 18.9 Å². The van der Waals surface area contributed by atoms with Crippen LogP contribution in [0.2, 0.25) is 0 Å². The topological polar surface area (TPSA) is 71.1 Å². The molecule has 0 unspecified atom stereocenters. The van der Waals surface area contributed by atoms with Gasteiger partial charge in [-0.25, -0.2) is 9.59 Å². The molecule has 0 bridgehead atoms. The van der Waals surface area contributed by atoms with Gasteiger partial charge in [0, 0.05) is 0 Å². The Bertz CT molecular complexity index is 546. The molecule has 6 nitrogen and oxygen atoms in total. The number of benzene rings is 1. The molecular formula is C15H16O6. The van der Waals surface area contributed by atoms with Gasteiger partial charge in [0.15, 0.2) is 0 Å². The van der Waals surface area contributed by atoms with Crippen LogP contribution in [0, 0.1) is 5.41 Å². The summed E-state index contributed by atoms with van der Waals surface area (Å²) in [5, 5.41) is 0. The molecule has 112 valence electrons. The molecule has 1 aliphatic heterocycles. The van der Waals surface area contributed by atoms with Crippen molar-refractivity contribution < 1.29 is 28.5 Å². The third-order valence-corrected chi connectivity index (χ3v) is 3.06. The van der Waals surface area contributed by atoms with Gasteiger partial charge in [-0.1, -0.05) is 0 Å². The predicted molar refractivity (Wildman–Crippen MR) is 72.5 cm³/mol. The van der Waals surface area contributed by atoms with Crippen LogP contribution in [0.4, 0.5) is 0 Å². The van der Waals surface area contributed by atoms with E-state index in [0.29, 0.717) is 11.3 Å². The second-order valence-corrected chi connectivity index (χ2v) is 5.08. The van der Waals surface area contributed by atoms with Gasteiger partial charge in [-0.15, -0.1) is 0 Å². The normalized spacial score (nSPS) is 20.8. The lowest BCUT2D eigenvalue weighted by Crippen LogP contribution is -2.38. The van der Waals surface area contributed by atoms with Gasteiger partial charge in [-0.05, 0) is 31.2 Å². The van der Waals surface area contributed by atoms with Crippen molar-refractivity contribution >= 4 is 11.9 Å². The standard InChI is InChI=1S/C15H16O6/c1-15(8-19-13(7-16)20-9-15)10-21-14(17)11-3-5-12(18-2)6-4-11/h3-6H,8-10H2,1-2H3. The molecule has 0 saturated carbocycles. The van der Waals surface area contributed by atoms with E-state index in [2.05, 4.69) is 0 Å². The van der Waals surface area contributed by atoms with Crippen LogP contribution in [0.5, 0.6) is 5.75 Å². The molecule has 0 spiro atoms. The molecule has 6 heteroatoms. The highest BCUT2D eigenvalue weighted by Crippen LogP contribution is 2.25. The fraction of sp³-hybridized carbons (Fsp3) is 0.400. The Labute approximate surface area is 122 Å². The van der Waals surface area contributed by atoms with E-state index in [0.717, 1.165) is 0 Å². The van der Waals surface area contributed by atoms with Crippen LogP contribution in [0.15, 0.2) is 30.2 Å².